The summed E-state index contributed by atoms with van der Waals surface area (Å²) in [4.78, 5) is 30.7. The molecule has 2 atom stereocenters. The van der Waals surface area contributed by atoms with E-state index in [4.69, 9.17) is 4.42 Å². The maximum absolute atomic E-state index is 13.1. The first-order valence-electron chi connectivity index (χ1n) is 9.24. The molecule has 2 fully saturated rings. The summed E-state index contributed by atoms with van der Waals surface area (Å²) < 4.78 is 5.21. The molecule has 2 aliphatic rings. The van der Waals surface area contributed by atoms with Gasteiger partial charge in [0.05, 0.1) is 17.4 Å². The van der Waals surface area contributed by atoms with E-state index in [-0.39, 0.29) is 17.2 Å². The van der Waals surface area contributed by atoms with Crippen LogP contribution in [-0.4, -0.2) is 59.6 Å². The number of furan rings is 1. The minimum Gasteiger partial charge on any atom is -0.472 e. The Balaban J connectivity index is 1.46. The van der Waals surface area contributed by atoms with E-state index in [0.717, 1.165) is 25.2 Å². The van der Waals surface area contributed by atoms with Gasteiger partial charge in [-0.2, -0.15) is 0 Å². The van der Waals surface area contributed by atoms with Crippen molar-refractivity contribution in [2.24, 2.45) is 0 Å². The van der Waals surface area contributed by atoms with Gasteiger partial charge in [0.1, 0.15) is 11.4 Å². The molecule has 144 valence electrons. The van der Waals surface area contributed by atoms with Crippen LogP contribution in [-0.2, 0) is 4.79 Å². The summed E-state index contributed by atoms with van der Waals surface area (Å²) in [5.74, 6) is 0.418. The highest BCUT2D eigenvalue weighted by atomic mass is 32.2. The summed E-state index contributed by atoms with van der Waals surface area (Å²) in [5.41, 5.74) is 0.914. The van der Waals surface area contributed by atoms with Gasteiger partial charge in [-0.1, -0.05) is 6.07 Å². The molecule has 2 aromatic rings. The Labute approximate surface area is 166 Å². The Morgan fingerprint density at radius 1 is 1.26 bits per heavy atom. The molecule has 27 heavy (non-hydrogen) atoms. The Morgan fingerprint density at radius 3 is 2.81 bits per heavy atom. The first-order valence-corrected chi connectivity index (χ1v) is 11.2. The van der Waals surface area contributed by atoms with Crippen molar-refractivity contribution in [2.75, 3.05) is 31.9 Å². The Hall–Kier alpha value is -1.77. The van der Waals surface area contributed by atoms with Crippen LogP contribution in [0, 0.1) is 0 Å². The zero-order valence-electron chi connectivity index (χ0n) is 15.0. The number of carbonyl (C=O) groups excluding carboxylic acids is 2. The van der Waals surface area contributed by atoms with Gasteiger partial charge >= 0.3 is 0 Å². The molecule has 0 saturated carbocycles. The van der Waals surface area contributed by atoms with Crippen molar-refractivity contribution in [3.8, 4) is 0 Å². The van der Waals surface area contributed by atoms with Crippen LogP contribution in [0.25, 0.3) is 0 Å². The van der Waals surface area contributed by atoms with Gasteiger partial charge < -0.3 is 19.5 Å². The zero-order chi connectivity index (χ0) is 18.6. The van der Waals surface area contributed by atoms with Gasteiger partial charge in [0.2, 0.25) is 5.91 Å². The van der Waals surface area contributed by atoms with E-state index in [0.29, 0.717) is 17.2 Å². The molecule has 0 aliphatic carbocycles. The van der Waals surface area contributed by atoms with Crippen molar-refractivity contribution < 1.29 is 14.0 Å². The summed E-state index contributed by atoms with van der Waals surface area (Å²) in [6.07, 6.45) is 5.73. The lowest BCUT2D eigenvalue weighted by molar-refractivity contribution is -0.124. The molecule has 6 nitrogen and oxygen atoms in total. The average molecular weight is 406 g/mol. The molecule has 4 rings (SSSR count). The molecule has 2 unspecified atom stereocenters. The summed E-state index contributed by atoms with van der Waals surface area (Å²) >= 11 is 3.01. The van der Waals surface area contributed by atoms with E-state index in [2.05, 4.69) is 10.2 Å². The highest BCUT2D eigenvalue weighted by molar-refractivity contribution is 7.99. The second-order valence-electron chi connectivity index (χ2n) is 6.79. The standard InChI is InChI=1S/C19H23N3O3S2/c23-17(20-6-9-21-7-1-2-8-21)15-13-27-19(14-5-10-25-12-14)22(15)18(24)16-4-3-11-26-16/h3-5,10-12,15,19H,1-2,6-9,13H2,(H,20,23). The fourth-order valence-corrected chi connectivity index (χ4v) is 5.69. The molecule has 0 aromatic carbocycles. The first-order chi connectivity index (χ1) is 13.2. The highest BCUT2D eigenvalue weighted by Crippen LogP contribution is 2.42. The Kier molecular flexibility index (Phi) is 5.85. The molecule has 2 amide bonds. The van der Waals surface area contributed by atoms with E-state index in [1.165, 1.54) is 24.2 Å². The largest absolute Gasteiger partial charge is 0.472 e. The van der Waals surface area contributed by atoms with E-state index in [1.54, 1.807) is 29.2 Å². The quantitative estimate of drug-likeness (QED) is 0.801. The van der Waals surface area contributed by atoms with Crippen molar-refractivity contribution in [1.82, 2.24) is 15.1 Å². The maximum Gasteiger partial charge on any atom is 0.265 e. The molecule has 0 radical (unpaired) electrons. The molecule has 0 spiro atoms. The normalized spacial score (nSPS) is 23.0. The number of amides is 2. The lowest BCUT2D eigenvalue weighted by atomic mass is 10.2. The molecule has 2 aliphatic heterocycles. The number of hydrogen-bond acceptors (Lipinski definition) is 6. The number of likely N-dealkylation sites (tertiary alicyclic amines) is 1. The maximum atomic E-state index is 13.1. The van der Waals surface area contributed by atoms with Gasteiger partial charge in [-0.15, -0.1) is 23.1 Å². The molecule has 4 heterocycles. The third-order valence-electron chi connectivity index (χ3n) is 5.02. The van der Waals surface area contributed by atoms with Gasteiger partial charge in [-0.3, -0.25) is 9.59 Å². The van der Waals surface area contributed by atoms with E-state index < -0.39 is 6.04 Å². The minimum atomic E-state index is -0.469. The Morgan fingerprint density at radius 2 is 2.11 bits per heavy atom. The van der Waals surface area contributed by atoms with Crippen molar-refractivity contribution in [1.29, 1.82) is 0 Å². The third kappa shape index (κ3) is 4.07. The predicted octanol–water partition coefficient (Wildman–Crippen LogP) is 2.81. The molecule has 2 aromatic heterocycles. The topological polar surface area (TPSA) is 65.8 Å². The molecule has 8 heteroatoms. The minimum absolute atomic E-state index is 0.0717. The van der Waals surface area contributed by atoms with Crippen LogP contribution in [0.3, 0.4) is 0 Å². The second-order valence-corrected chi connectivity index (χ2v) is 8.85. The van der Waals surface area contributed by atoms with Crippen LogP contribution in [0.4, 0.5) is 0 Å². The average Bonchev–Trinajstić information content (AvgIpc) is 3.49. The van der Waals surface area contributed by atoms with Crippen LogP contribution in [0.5, 0.6) is 0 Å². The van der Waals surface area contributed by atoms with Gasteiger partial charge in [-0.05, 0) is 43.4 Å². The lowest BCUT2D eigenvalue weighted by Gasteiger charge is -2.28. The number of carbonyl (C=O) groups is 2. The van der Waals surface area contributed by atoms with Crippen molar-refractivity contribution in [2.45, 2.75) is 24.3 Å². The smallest absolute Gasteiger partial charge is 0.265 e. The number of thioether (sulfide) groups is 1. The summed E-state index contributed by atoms with van der Waals surface area (Å²) in [6.45, 7) is 3.72. The van der Waals surface area contributed by atoms with E-state index in [1.807, 2.05) is 23.6 Å². The number of nitrogens with zero attached hydrogens (tertiary/aromatic N) is 2. The van der Waals surface area contributed by atoms with Gasteiger partial charge in [0, 0.05) is 24.4 Å². The second kappa shape index (κ2) is 8.50. The van der Waals surface area contributed by atoms with Crippen LogP contribution in [0.2, 0.25) is 0 Å². The predicted molar refractivity (Wildman–Crippen MR) is 107 cm³/mol. The number of rotatable bonds is 6. The number of nitrogens with one attached hydrogen (secondary N) is 1. The molecule has 1 N–H and O–H groups in total. The van der Waals surface area contributed by atoms with Gasteiger partial charge in [0.25, 0.3) is 5.91 Å². The van der Waals surface area contributed by atoms with Crippen LogP contribution in [0.1, 0.15) is 33.5 Å². The number of thiophene rings is 1. The number of hydrogen-bond donors (Lipinski definition) is 1. The summed E-state index contributed by atoms with van der Waals surface area (Å²) in [6, 6.07) is 5.06. The van der Waals surface area contributed by atoms with Crippen LogP contribution >= 0.6 is 23.1 Å². The summed E-state index contributed by atoms with van der Waals surface area (Å²) in [7, 11) is 0. The van der Waals surface area contributed by atoms with Crippen LogP contribution < -0.4 is 5.32 Å². The lowest BCUT2D eigenvalue weighted by Crippen LogP contribution is -2.49. The molecule has 0 bridgehead atoms. The van der Waals surface area contributed by atoms with E-state index in [9.17, 15) is 9.59 Å². The fourth-order valence-electron chi connectivity index (χ4n) is 3.62. The fraction of sp³-hybridized carbons (Fsp3) is 0.474. The van der Waals surface area contributed by atoms with Gasteiger partial charge in [-0.25, -0.2) is 0 Å². The molecular formula is C19H23N3O3S2. The SMILES string of the molecule is O=C(NCCN1CCCC1)C1CSC(c2ccoc2)N1C(=O)c1cccs1. The summed E-state index contributed by atoms with van der Waals surface area (Å²) in [5, 5.41) is 4.72. The zero-order valence-corrected chi connectivity index (χ0v) is 16.6. The van der Waals surface area contributed by atoms with Gasteiger partial charge in [0.15, 0.2) is 0 Å². The van der Waals surface area contributed by atoms with Crippen molar-refractivity contribution in [3.63, 3.8) is 0 Å². The third-order valence-corrected chi connectivity index (χ3v) is 7.20. The van der Waals surface area contributed by atoms with Crippen molar-refractivity contribution in [3.05, 3.63) is 46.5 Å². The molecule has 2 saturated heterocycles. The first kappa shape index (κ1) is 18.6. The van der Waals surface area contributed by atoms with E-state index >= 15 is 0 Å². The van der Waals surface area contributed by atoms with Crippen molar-refractivity contribution >= 4 is 34.9 Å². The molecular weight excluding hydrogens is 382 g/mol. The Bertz CT molecular complexity index is 757. The van der Waals surface area contributed by atoms with Crippen LogP contribution in [0.15, 0.2) is 40.5 Å². The monoisotopic (exact) mass is 405 g/mol. The highest BCUT2D eigenvalue weighted by Gasteiger charge is 2.43.